The fourth-order valence-electron chi connectivity index (χ4n) is 2.01. The summed E-state index contributed by atoms with van der Waals surface area (Å²) in [6.07, 6.45) is 3.27. The topological polar surface area (TPSA) is 31.2 Å². The van der Waals surface area contributed by atoms with E-state index in [1.807, 2.05) is 19.2 Å². The molecule has 0 atom stereocenters. The number of aromatic nitrogens is 1. The first-order valence-electron chi connectivity index (χ1n) is 5.03. The van der Waals surface area contributed by atoms with Gasteiger partial charge in [-0.1, -0.05) is 0 Å². The smallest absolute Gasteiger partial charge is 0.254 e. The zero-order valence-electron chi connectivity index (χ0n) is 9.33. The molecular formula is C12H15NO2. The van der Waals surface area contributed by atoms with E-state index in [0.717, 1.165) is 28.9 Å². The van der Waals surface area contributed by atoms with Crippen LogP contribution in [-0.4, -0.2) is 11.7 Å². The van der Waals surface area contributed by atoms with Gasteiger partial charge in [0.05, 0.1) is 12.9 Å². The SMILES string of the molecule is COC1=C(C)Cc2c(ccn(C)c2=O)C1. The van der Waals surface area contributed by atoms with Gasteiger partial charge in [-0.25, -0.2) is 0 Å². The quantitative estimate of drug-likeness (QED) is 0.694. The van der Waals surface area contributed by atoms with Crippen LogP contribution in [0.1, 0.15) is 18.1 Å². The minimum Gasteiger partial charge on any atom is -0.501 e. The van der Waals surface area contributed by atoms with E-state index in [-0.39, 0.29) is 5.56 Å². The highest BCUT2D eigenvalue weighted by molar-refractivity contribution is 5.36. The maximum atomic E-state index is 11.9. The van der Waals surface area contributed by atoms with Crippen molar-refractivity contribution in [2.45, 2.75) is 19.8 Å². The minimum absolute atomic E-state index is 0.113. The van der Waals surface area contributed by atoms with Crippen molar-refractivity contribution in [1.82, 2.24) is 4.57 Å². The molecule has 0 aromatic carbocycles. The van der Waals surface area contributed by atoms with Crippen molar-refractivity contribution in [2.75, 3.05) is 7.11 Å². The maximum Gasteiger partial charge on any atom is 0.254 e. The molecule has 0 saturated carbocycles. The number of fused-ring (bicyclic) bond motifs is 1. The zero-order valence-corrected chi connectivity index (χ0v) is 9.33. The summed E-state index contributed by atoms with van der Waals surface area (Å²) < 4.78 is 6.93. The van der Waals surface area contributed by atoms with E-state index in [1.165, 1.54) is 0 Å². The van der Waals surface area contributed by atoms with Crippen LogP contribution < -0.4 is 5.56 Å². The average molecular weight is 205 g/mol. The molecule has 1 aromatic rings. The number of nitrogens with zero attached hydrogens (tertiary/aromatic N) is 1. The third-order valence-electron chi connectivity index (χ3n) is 2.98. The second-order valence-corrected chi connectivity index (χ2v) is 4.00. The summed E-state index contributed by atoms with van der Waals surface area (Å²) in [5.74, 6) is 0.996. The summed E-state index contributed by atoms with van der Waals surface area (Å²) in [5, 5.41) is 0. The number of hydrogen-bond acceptors (Lipinski definition) is 2. The molecule has 80 valence electrons. The van der Waals surface area contributed by atoms with E-state index in [4.69, 9.17) is 4.74 Å². The molecular weight excluding hydrogens is 190 g/mol. The summed E-state index contributed by atoms with van der Waals surface area (Å²) in [6, 6.07) is 2.00. The highest BCUT2D eigenvalue weighted by atomic mass is 16.5. The lowest BCUT2D eigenvalue weighted by Crippen LogP contribution is -2.25. The summed E-state index contributed by atoms with van der Waals surface area (Å²) in [7, 11) is 3.47. The van der Waals surface area contributed by atoms with Gasteiger partial charge >= 0.3 is 0 Å². The van der Waals surface area contributed by atoms with E-state index in [9.17, 15) is 4.79 Å². The van der Waals surface area contributed by atoms with Crippen molar-refractivity contribution >= 4 is 0 Å². The molecule has 0 saturated heterocycles. The Labute approximate surface area is 89.0 Å². The van der Waals surface area contributed by atoms with Gasteiger partial charge in [0.25, 0.3) is 5.56 Å². The van der Waals surface area contributed by atoms with Crippen LogP contribution in [0.25, 0.3) is 0 Å². The molecule has 3 nitrogen and oxygen atoms in total. The molecule has 1 aliphatic carbocycles. The fraction of sp³-hybridized carbons (Fsp3) is 0.417. The van der Waals surface area contributed by atoms with Gasteiger partial charge in [0, 0.05) is 31.6 Å². The third kappa shape index (κ3) is 1.58. The fourth-order valence-corrected chi connectivity index (χ4v) is 2.01. The molecule has 1 heterocycles. The van der Waals surface area contributed by atoms with Crippen molar-refractivity contribution in [2.24, 2.45) is 7.05 Å². The van der Waals surface area contributed by atoms with Gasteiger partial charge in [-0.3, -0.25) is 4.79 Å². The number of rotatable bonds is 1. The monoisotopic (exact) mass is 205 g/mol. The number of methoxy groups -OCH3 is 1. The van der Waals surface area contributed by atoms with Crippen LogP contribution in [0.15, 0.2) is 28.4 Å². The van der Waals surface area contributed by atoms with Crippen molar-refractivity contribution in [3.05, 3.63) is 45.1 Å². The molecule has 1 aliphatic rings. The summed E-state index contributed by atoms with van der Waals surface area (Å²) in [6.45, 7) is 2.02. The van der Waals surface area contributed by atoms with Gasteiger partial charge in [0.1, 0.15) is 0 Å². The second kappa shape index (κ2) is 3.57. The molecule has 0 N–H and O–H groups in total. The second-order valence-electron chi connectivity index (χ2n) is 4.00. The molecule has 2 rings (SSSR count). The molecule has 0 radical (unpaired) electrons. The van der Waals surface area contributed by atoms with Crippen molar-refractivity contribution < 1.29 is 4.74 Å². The summed E-state index contributed by atoms with van der Waals surface area (Å²) >= 11 is 0. The number of allylic oxidation sites excluding steroid dienone is 2. The predicted octanol–water partition coefficient (Wildman–Crippen LogP) is 1.40. The van der Waals surface area contributed by atoms with Crippen LogP contribution in [0.3, 0.4) is 0 Å². The van der Waals surface area contributed by atoms with Gasteiger partial charge in [-0.05, 0) is 24.1 Å². The average Bonchev–Trinajstić information content (AvgIpc) is 2.24. The molecule has 0 fully saturated rings. The number of hydrogen-bond donors (Lipinski definition) is 0. The lowest BCUT2D eigenvalue weighted by atomic mass is 9.92. The van der Waals surface area contributed by atoms with Gasteiger partial charge in [-0.2, -0.15) is 0 Å². The number of aryl methyl sites for hydroxylation is 1. The molecule has 15 heavy (non-hydrogen) atoms. The highest BCUT2D eigenvalue weighted by Crippen LogP contribution is 2.23. The Balaban J connectivity index is 2.53. The summed E-state index contributed by atoms with van der Waals surface area (Å²) in [5.41, 5.74) is 3.29. The van der Waals surface area contributed by atoms with Crippen LogP contribution in [0.5, 0.6) is 0 Å². The van der Waals surface area contributed by atoms with E-state index in [2.05, 4.69) is 0 Å². The van der Waals surface area contributed by atoms with Crippen LogP contribution in [0.2, 0.25) is 0 Å². The lowest BCUT2D eigenvalue weighted by molar-refractivity contribution is 0.275. The molecule has 0 aliphatic heterocycles. The first kappa shape index (κ1) is 10.0. The molecule has 0 spiro atoms. The predicted molar refractivity (Wildman–Crippen MR) is 58.8 cm³/mol. The Kier molecular flexibility index (Phi) is 2.39. The Morgan fingerprint density at radius 1 is 1.40 bits per heavy atom. The van der Waals surface area contributed by atoms with Crippen molar-refractivity contribution in [3.8, 4) is 0 Å². The number of pyridine rings is 1. The first-order valence-corrected chi connectivity index (χ1v) is 5.03. The maximum absolute atomic E-state index is 11.9. The van der Waals surface area contributed by atoms with E-state index >= 15 is 0 Å². The summed E-state index contributed by atoms with van der Waals surface area (Å²) in [4.78, 5) is 11.9. The normalized spacial score (nSPS) is 15.1. The molecule has 0 unspecified atom stereocenters. The Morgan fingerprint density at radius 2 is 2.13 bits per heavy atom. The zero-order chi connectivity index (χ0) is 11.0. The van der Waals surface area contributed by atoms with Crippen molar-refractivity contribution in [3.63, 3.8) is 0 Å². The highest BCUT2D eigenvalue weighted by Gasteiger charge is 2.18. The Hall–Kier alpha value is -1.51. The number of ether oxygens (including phenoxy) is 1. The molecule has 1 aromatic heterocycles. The van der Waals surface area contributed by atoms with Gasteiger partial charge in [-0.15, -0.1) is 0 Å². The third-order valence-corrected chi connectivity index (χ3v) is 2.98. The van der Waals surface area contributed by atoms with E-state index < -0.39 is 0 Å². The van der Waals surface area contributed by atoms with E-state index in [0.29, 0.717) is 6.42 Å². The van der Waals surface area contributed by atoms with Crippen LogP contribution >= 0.6 is 0 Å². The van der Waals surface area contributed by atoms with E-state index in [1.54, 1.807) is 18.7 Å². The van der Waals surface area contributed by atoms with Gasteiger partial charge < -0.3 is 9.30 Å². The van der Waals surface area contributed by atoms with Crippen LogP contribution in [0, 0.1) is 0 Å². The molecule has 0 bridgehead atoms. The standard InChI is InChI=1S/C12H15NO2/c1-8-6-10-9(7-11(8)15-3)4-5-13(2)12(10)14/h4-5H,6-7H2,1-3H3. The Morgan fingerprint density at radius 3 is 2.80 bits per heavy atom. The molecule has 3 heteroatoms. The van der Waals surface area contributed by atoms with Gasteiger partial charge in [0.15, 0.2) is 0 Å². The lowest BCUT2D eigenvalue weighted by Gasteiger charge is -2.19. The van der Waals surface area contributed by atoms with Gasteiger partial charge in [0.2, 0.25) is 0 Å². The van der Waals surface area contributed by atoms with Crippen LogP contribution in [0.4, 0.5) is 0 Å². The molecule has 0 amide bonds. The van der Waals surface area contributed by atoms with Crippen molar-refractivity contribution in [1.29, 1.82) is 0 Å². The Bertz CT molecular complexity index is 483. The van der Waals surface area contributed by atoms with Crippen LogP contribution in [-0.2, 0) is 24.6 Å². The largest absolute Gasteiger partial charge is 0.501 e. The first-order chi connectivity index (χ1) is 7.13. The minimum atomic E-state index is 0.113.